The lowest BCUT2D eigenvalue weighted by molar-refractivity contribution is -0.117. The van der Waals surface area contributed by atoms with Crippen LogP contribution in [0.3, 0.4) is 0 Å². The van der Waals surface area contributed by atoms with Gasteiger partial charge in [0.1, 0.15) is 5.69 Å². The fourth-order valence-corrected chi connectivity index (χ4v) is 0.958. The highest BCUT2D eigenvalue weighted by atomic mass is 16.4. The van der Waals surface area contributed by atoms with Gasteiger partial charge in [-0.3, -0.25) is 9.59 Å². The Morgan fingerprint density at radius 3 is 2.69 bits per heavy atom. The Hall–Kier alpha value is -2.44. The zero-order chi connectivity index (χ0) is 12.1. The minimum Gasteiger partial charge on any atom is -0.477 e. The summed E-state index contributed by atoms with van der Waals surface area (Å²) in [7, 11) is 0. The first kappa shape index (κ1) is 11.6. The summed E-state index contributed by atoms with van der Waals surface area (Å²) < 4.78 is 0. The molecular formula is C9H9N3O4. The monoisotopic (exact) mass is 223 g/mol. The summed E-state index contributed by atoms with van der Waals surface area (Å²) in [6.07, 6.45) is 1.20. The van der Waals surface area contributed by atoms with Gasteiger partial charge in [-0.25, -0.2) is 9.78 Å². The molecule has 0 aliphatic heterocycles. The van der Waals surface area contributed by atoms with E-state index < -0.39 is 17.8 Å². The van der Waals surface area contributed by atoms with Gasteiger partial charge in [0, 0.05) is 11.8 Å². The molecule has 4 N–H and O–H groups in total. The molecule has 0 atom stereocenters. The smallest absolute Gasteiger partial charge is 0.354 e. The fourth-order valence-electron chi connectivity index (χ4n) is 0.958. The second-order valence-corrected chi connectivity index (χ2v) is 2.88. The summed E-state index contributed by atoms with van der Waals surface area (Å²) in [5.41, 5.74) is 4.70. The number of aromatic nitrogens is 1. The van der Waals surface area contributed by atoms with Gasteiger partial charge in [-0.05, 0) is 12.1 Å². The van der Waals surface area contributed by atoms with Crippen LogP contribution in [0.5, 0.6) is 0 Å². The third-order valence-electron chi connectivity index (χ3n) is 1.66. The molecule has 0 fully saturated rings. The molecule has 2 amide bonds. The molecule has 0 aliphatic carbocycles. The average Bonchev–Trinajstić information content (AvgIpc) is 2.26. The number of pyridine rings is 1. The van der Waals surface area contributed by atoms with Crippen LogP contribution in [0.25, 0.3) is 0 Å². The summed E-state index contributed by atoms with van der Waals surface area (Å²) in [5, 5.41) is 10.9. The van der Waals surface area contributed by atoms with Crippen LogP contribution in [0.1, 0.15) is 20.8 Å². The van der Waals surface area contributed by atoms with Crippen molar-refractivity contribution in [2.45, 2.75) is 0 Å². The molecule has 84 valence electrons. The molecular weight excluding hydrogens is 214 g/mol. The molecule has 0 saturated heterocycles. The molecule has 1 aromatic rings. The van der Waals surface area contributed by atoms with Gasteiger partial charge in [0.15, 0.2) is 0 Å². The van der Waals surface area contributed by atoms with Gasteiger partial charge in [-0.2, -0.15) is 0 Å². The molecule has 16 heavy (non-hydrogen) atoms. The van der Waals surface area contributed by atoms with Crippen LogP contribution in [0.2, 0.25) is 0 Å². The van der Waals surface area contributed by atoms with Crippen LogP contribution < -0.4 is 11.1 Å². The summed E-state index contributed by atoms with van der Waals surface area (Å²) in [6, 6.07) is 2.45. The number of aromatic carboxylic acids is 1. The summed E-state index contributed by atoms with van der Waals surface area (Å²) in [5.74, 6) is -2.49. The number of nitrogens with two attached hydrogens (primary N) is 1. The van der Waals surface area contributed by atoms with Crippen molar-refractivity contribution in [3.05, 3.63) is 29.6 Å². The van der Waals surface area contributed by atoms with E-state index in [2.05, 4.69) is 10.3 Å². The number of hydrogen-bond donors (Lipinski definition) is 3. The quantitative estimate of drug-likeness (QED) is 0.603. The lowest BCUT2D eigenvalue weighted by atomic mass is 10.2. The number of carboxylic acid groups (broad SMARTS) is 1. The third-order valence-corrected chi connectivity index (χ3v) is 1.66. The zero-order valence-electron chi connectivity index (χ0n) is 8.14. The van der Waals surface area contributed by atoms with Crippen molar-refractivity contribution in [3.63, 3.8) is 0 Å². The number of carbonyl (C=O) groups excluding carboxylic acids is 2. The maximum absolute atomic E-state index is 11.4. The van der Waals surface area contributed by atoms with Crippen LogP contribution in [0, 0.1) is 0 Å². The predicted octanol–water partition coefficient (Wildman–Crippen LogP) is -1.01. The SMILES string of the molecule is NC(=O)CNC(=O)c1ccnc(C(=O)O)c1. The van der Waals surface area contributed by atoms with E-state index in [4.69, 9.17) is 10.8 Å². The second-order valence-electron chi connectivity index (χ2n) is 2.88. The number of rotatable bonds is 4. The normalized spacial score (nSPS) is 9.50. The van der Waals surface area contributed by atoms with E-state index >= 15 is 0 Å². The van der Waals surface area contributed by atoms with Gasteiger partial charge in [0.05, 0.1) is 6.54 Å². The Morgan fingerprint density at radius 2 is 2.12 bits per heavy atom. The average molecular weight is 223 g/mol. The Labute approximate surface area is 90.3 Å². The summed E-state index contributed by atoms with van der Waals surface area (Å²) >= 11 is 0. The van der Waals surface area contributed by atoms with E-state index in [1.165, 1.54) is 12.3 Å². The molecule has 7 heteroatoms. The second kappa shape index (κ2) is 4.87. The molecule has 0 aliphatic rings. The lowest BCUT2D eigenvalue weighted by Gasteiger charge is -2.02. The number of carbonyl (C=O) groups is 3. The van der Waals surface area contributed by atoms with Crippen LogP contribution in [-0.4, -0.2) is 34.4 Å². The van der Waals surface area contributed by atoms with Crippen molar-refractivity contribution in [1.82, 2.24) is 10.3 Å². The van der Waals surface area contributed by atoms with Gasteiger partial charge in [0.25, 0.3) is 5.91 Å². The predicted molar refractivity (Wildman–Crippen MR) is 52.7 cm³/mol. The topological polar surface area (TPSA) is 122 Å². The van der Waals surface area contributed by atoms with Gasteiger partial charge in [-0.15, -0.1) is 0 Å². The van der Waals surface area contributed by atoms with Crippen molar-refractivity contribution < 1.29 is 19.5 Å². The summed E-state index contributed by atoms with van der Waals surface area (Å²) in [4.78, 5) is 35.9. The molecule has 7 nitrogen and oxygen atoms in total. The first-order valence-electron chi connectivity index (χ1n) is 4.26. The van der Waals surface area contributed by atoms with Crippen molar-refractivity contribution in [1.29, 1.82) is 0 Å². The number of amides is 2. The van der Waals surface area contributed by atoms with E-state index in [-0.39, 0.29) is 17.8 Å². The standard InChI is InChI=1S/C9H9N3O4/c10-7(13)4-12-8(14)5-1-2-11-6(3-5)9(15)16/h1-3H,4H2,(H2,10,13)(H,12,14)(H,15,16). The molecule has 0 spiro atoms. The van der Waals surface area contributed by atoms with Gasteiger partial charge >= 0.3 is 5.97 Å². The van der Waals surface area contributed by atoms with Crippen molar-refractivity contribution in [2.24, 2.45) is 5.73 Å². The molecule has 0 aromatic carbocycles. The number of nitrogens with zero attached hydrogens (tertiary/aromatic N) is 1. The Balaban J connectivity index is 2.79. The molecule has 1 aromatic heterocycles. The van der Waals surface area contributed by atoms with E-state index in [9.17, 15) is 14.4 Å². The van der Waals surface area contributed by atoms with Gasteiger partial charge in [-0.1, -0.05) is 0 Å². The van der Waals surface area contributed by atoms with Gasteiger partial charge in [0.2, 0.25) is 5.91 Å². The van der Waals surface area contributed by atoms with Crippen LogP contribution in [0.15, 0.2) is 18.3 Å². The number of primary amides is 1. The first-order chi connectivity index (χ1) is 7.50. The van der Waals surface area contributed by atoms with E-state index in [1.807, 2.05) is 0 Å². The Bertz CT molecular complexity index is 444. The Kier molecular flexibility index (Phi) is 3.54. The summed E-state index contributed by atoms with van der Waals surface area (Å²) in [6.45, 7) is -0.302. The van der Waals surface area contributed by atoms with Crippen molar-refractivity contribution >= 4 is 17.8 Å². The molecule has 0 saturated carbocycles. The van der Waals surface area contributed by atoms with E-state index in [0.717, 1.165) is 6.07 Å². The van der Waals surface area contributed by atoms with Gasteiger partial charge < -0.3 is 16.2 Å². The van der Waals surface area contributed by atoms with E-state index in [1.54, 1.807) is 0 Å². The van der Waals surface area contributed by atoms with Crippen molar-refractivity contribution in [3.8, 4) is 0 Å². The van der Waals surface area contributed by atoms with Crippen LogP contribution >= 0.6 is 0 Å². The molecule has 0 radical (unpaired) electrons. The number of nitrogens with one attached hydrogen (secondary N) is 1. The number of carboxylic acids is 1. The minimum absolute atomic E-state index is 0.105. The lowest BCUT2D eigenvalue weighted by Crippen LogP contribution is -2.33. The zero-order valence-corrected chi connectivity index (χ0v) is 8.14. The number of hydrogen-bond acceptors (Lipinski definition) is 4. The highest BCUT2D eigenvalue weighted by Gasteiger charge is 2.10. The third kappa shape index (κ3) is 3.05. The minimum atomic E-state index is -1.23. The fraction of sp³-hybridized carbons (Fsp3) is 0.111. The van der Waals surface area contributed by atoms with Crippen LogP contribution in [-0.2, 0) is 4.79 Å². The molecule has 0 unspecified atom stereocenters. The molecule has 1 rings (SSSR count). The first-order valence-corrected chi connectivity index (χ1v) is 4.26. The highest BCUT2D eigenvalue weighted by molar-refractivity contribution is 5.98. The molecule has 0 bridgehead atoms. The van der Waals surface area contributed by atoms with Crippen LogP contribution in [0.4, 0.5) is 0 Å². The van der Waals surface area contributed by atoms with Crippen molar-refractivity contribution in [2.75, 3.05) is 6.54 Å². The van der Waals surface area contributed by atoms with E-state index in [0.29, 0.717) is 0 Å². The molecule has 1 heterocycles. The largest absolute Gasteiger partial charge is 0.477 e. The maximum atomic E-state index is 11.4. The Morgan fingerprint density at radius 1 is 1.44 bits per heavy atom. The maximum Gasteiger partial charge on any atom is 0.354 e. The highest BCUT2D eigenvalue weighted by Crippen LogP contribution is 2.01.